The topological polar surface area (TPSA) is 0 Å². The van der Waals surface area contributed by atoms with Gasteiger partial charge in [-0.1, -0.05) is 121 Å². The van der Waals surface area contributed by atoms with E-state index in [-0.39, 0.29) is 5.41 Å². The van der Waals surface area contributed by atoms with Gasteiger partial charge in [0.05, 0.1) is 0 Å². The van der Waals surface area contributed by atoms with E-state index in [0.717, 1.165) is 0 Å². The van der Waals surface area contributed by atoms with E-state index < -0.39 is 0 Å². The maximum atomic E-state index is 2.44. The van der Waals surface area contributed by atoms with Crippen molar-refractivity contribution in [2.45, 2.75) is 87.0 Å². The van der Waals surface area contributed by atoms with Crippen molar-refractivity contribution in [3.05, 3.63) is 70.8 Å². The minimum Gasteiger partial charge on any atom is -0.0683 e. The standard InChI is InChI=1S/C22H30.2C2H6/c1-6-8-19(7-2)22(5,20-13-9-17(3)10-14-20)21-15-11-18(4)12-16-21;2*1-2/h9-16,19H,6-8H2,1-5H3;2*1-2H3. The van der Waals surface area contributed by atoms with E-state index in [4.69, 9.17) is 0 Å². The molecule has 0 spiro atoms. The van der Waals surface area contributed by atoms with Gasteiger partial charge >= 0.3 is 0 Å². The molecule has 0 radical (unpaired) electrons. The molecule has 0 saturated carbocycles. The van der Waals surface area contributed by atoms with Crippen molar-refractivity contribution in [2.24, 2.45) is 5.92 Å². The third kappa shape index (κ3) is 6.01. The van der Waals surface area contributed by atoms with E-state index in [2.05, 4.69) is 83.1 Å². The van der Waals surface area contributed by atoms with E-state index in [9.17, 15) is 0 Å². The largest absolute Gasteiger partial charge is 0.0683 e. The lowest BCUT2D eigenvalue weighted by Gasteiger charge is -2.39. The van der Waals surface area contributed by atoms with Gasteiger partial charge in [0, 0.05) is 5.41 Å². The van der Waals surface area contributed by atoms with Gasteiger partial charge in [-0.05, 0) is 37.3 Å². The summed E-state index contributed by atoms with van der Waals surface area (Å²) in [5.74, 6) is 0.669. The molecule has 1 atom stereocenters. The second-order valence-corrected chi connectivity index (χ2v) is 6.83. The van der Waals surface area contributed by atoms with Crippen LogP contribution in [0.1, 0.15) is 90.0 Å². The molecule has 2 aromatic carbocycles. The quantitative estimate of drug-likeness (QED) is 0.488. The van der Waals surface area contributed by atoms with Gasteiger partial charge in [-0.25, -0.2) is 0 Å². The van der Waals surface area contributed by atoms with Crippen molar-refractivity contribution in [3.8, 4) is 0 Å². The average molecular weight is 355 g/mol. The molecule has 1 unspecified atom stereocenters. The summed E-state index contributed by atoms with van der Waals surface area (Å²) in [6, 6.07) is 18.3. The summed E-state index contributed by atoms with van der Waals surface area (Å²) in [5.41, 5.74) is 5.65. The number of aryl methyl sites for hydroxylation is 2. The van der Waals surface area contributed by atoms with Crippen LogP contribution in [0.3, 0.4) is 0 Å². The lowest BCUT2D eigenvalue weighted by atomic mass is 9.65. The van der Waals surface area contributed by atoms with Gasteiger partial charge in [-0.2, -0.15) is 0 Å². The highest BCUT2D eigenvalue weighted by molar-refractivity contribution is 5.41. The third-order valence-electron chi connectivity index (χ3n) is 5.25. The predicted molar refractivity (Wildman–Crippen MR) is 120 cm³/mol. The molecule has 0 amide bonds. The Labute approximate surface area is 164 Å². The summed E-state index contributed by atoms with van der Waals surface area (Å²) >= 11 is 0. The van der Waals surface area contributed by atoms with E-state index in [0.29, 0.717) is 5.92 Å². The summed E-state index contributed by atoms with van der Waals surface area (Å²) < 4.78 is 0. The average Bonchev–Trinajstić information content (AvgIpc) is 2.69. The molecule has 0 aliphatic rings. The van der Waals surface area contributed by atoms with E-state index >= 15 is 0 Å². The maximum Gasteiger partial charge on any atom is 0.0202 e. The Morgan fingerprint density at radius 1 is 0.692 bits per heavy atom. The SMILES string of the molecule is CC.CC.CCCC(CC)C(C)(c1ccc(C)cc1)c1ccc(C)cc1. The smallest absolute Gasteiger partial charge is 0.0202 e. The van der Waals surface area contributed by atoms with E-state index in [1.54, 1.807) is 0 Å². The van der Waals surface area contributed by atoms with Gasteiger partial charge in [-0.15, -0.1) is 0 Å². The normalized spacial score (nSPS) is 11.6. The van der Waals surface area contributed by atoms with Crippen molar-refractivity contribution in [1.29, 1.82) is 0 Å². The zero-order valence-corrected chi connectivity index (χ0v) is 18.8. The zero-order valence-electron chi connectivity index (χ0n) is 18.8. The Morgan fingerprint density at radius 2 is 1.04 bits per heavy atom. The first-order valence-electron chi connectivity index (χ1n) is 10.7. The molecule has 0 bridgehead atoms. The lowest BCUT2D eigenvalue weighted by Crippen LogP contribution is -2.33. The predicted octanol–water partition coefficient (Wildman–Crippen LogP) is 8.49. The molecule has 26 heavy (non-hydrogen) atoms. The molecular weight excluding hydrogens is 312 g/mol. The van der Waals surface area contributed by atoms with Crippen LogP contribution in [-0.4, -0.2) is 0 Å². The Kier molecular flexibility index (Phi) is 12.0. The molecular formula is C26H42. The first kappa shape index (κ1) is 24.4. The number of rotatable bonds is 6. The van der Waals surface area contributed by atoms with Crippen LogP contribution >= 0.6 is 0 Å². The third-order valence-corrected chi connectivity index (χ3v) is 5.25. The minimum atomic E-state index is 0.0894. The van der Waals surface area contributed by atoms with Crippen molar-refractivity contribution in [3.63, 3.8) is 0 Å². The molecule has 2 rings (SSSR count). The van der Waals surface area contributed by atoms with E-state index in [1.807, 2.05) is 27.7 Å². The Morgan fingerprint density at radius 3 is 1.31 bits per heavy atom. The van der Waals surface area contributed by atoms with Crippen LogP contribution in [0.15, 0.2) is 48.5 Å². The number of hydrogen-bond acceptors (Lipinski definition) is 0. The van der Waals surface area contributed by atoms with Crippen LogP contribution in [0.2, 0.25) is 0 Å². The summed E-state index contributed by atoms with van der Waals surface area (Å²) in [7, 11) is 0. The molecule has 0 fully saturated rings. The van der Waals surface area contributed by atoms with Crippen LogP contribution in [0.5, 0.6) is 0 Å². The fourth-order valence-corrected chi connectivity index (χ4v) is 3.69. The second kappa shape index (κ2) is 12.7. The summed E-state index contributed by atoms with van der Waals surface area (Å²) in [6.07, 6.45) is 3.73. The fraction of sp³-hybridized carbons (Fsp3) is 0.538. The van der Waals surface area contributed by atoms with Gasteiger partial charge in [0.1, 0.15) is 0 Å². The fourth-order valence-electron chi connectivity index (χ4n) is 3.69. The van der Waals surface area contributed by atoms with Gasteiger partial charge in [0.15, 0.2) is 0 Å². The monoisotopic (exact) mass is 354 g/mol. The minimum absolute atomic E-state index is 0.0894. The first-order chi connectivity index (χ1) is 12.5. The van der Waals surface area contributed by atoms with Crippen molar-refractivity contribution in [2.75, 3.05) is 0 Å². The highest BCUT2D eigenvalue weighted by Crippen LogP contribution is 2.42. The highest BCUT2D eigenvalue weighted by Gasteiger charge is 2.35. The van der Waals surface area contributed by atoms with E-state index in [1.165, 1.54) is 41.5 Å². The first-order valence-corrected chi connectivity index (χ1v) is 10.7. The molecule has 2 aromatic rings. The number of benzene rings is 2. The zero-order chi connectivity index (χ0) is 20.2. The maximum absolute atomic E-state index is 2.44. The molecule has 0 heterocycles. The molecule has 0 heteroatoms. The van der Waals surface area contributed by atoms with Crippen molar-refractivity contribution in [1.82, 2.24) is 0 Å². The lowest BCUT2D eigenvalue weighted by molar-refractivity contribution is 0.311. The Hall–Kier alpha value is -1.56. The molecule has 0 nitrogen and oxygen atoms in total. The second-order valence-electron chi connectivity index (χ2n) is 6.83. The van der Waals surface area contributed by atoms with Crippen LogP contribution in [-0.2, 0) is 5.41 Å². The molecule has 0 saturated heterocycles. The van der Waals surface area contributed by atoms with Crippen molar-refractivity contribution < 1.29 is 0 Å². The van der Waals surface area contributed by atoms with Gasteiger partial charge in [0.25, 0.3) is 0 Å². The Bertz CT molecular complexity index is 529. The number of hydrogen-bond donors (Lipinski definition) is 0. The summed E-state index contributed by atoms with van der Waals surface area (Å²) in [5, 5.41) is 0. The molecule has 0 aliphatic carbocycles. The summed E-state index contributed by atoms with van der Waals surface area (Å²) in [4.78, 5) is 0. The summed E-state index contributed by atoms with van der Waals surface area (Å²) in [6.45, 7) is 19.4. The van der Waals surface area contributed by atoms with Crippen LogP contribution in [0, 0.1) is 19.8 Å². The van der Waals surface area contributed by atoms with Crippen LogP contribution in [0.25, 0.3) is 0 Å². The van der Waals surface area contributed by atoms with Gasteiger partial charge < -0.3 is 0 Å². The highest BCUT2D eigenvalue weighted by atomic mass is 14.4. The van der Waals surface area contributed by atoms with Crippen LogP contribution < -0.4 is 0 Å². The van der Waals surface area contributed by atoms with Crippen molar-refractivity contribution >= 4 is 0 Å². The molecule has 0 aromatic heterocycles. The molecule has 0 aliphatic heterocycles. The van der Waals surface area contributed by atoms with Gasteiger partial charge in [0.2, 0.25) is 0 Å². The molecule has 146 valence electrons. The van der Waals surface area contributed by atoms with Crippen LogP contribution in [0.4, 0.5) is 0 Å². The Balaban J connectivity index is 0.00000146. The molecule has 0 N–H and O–H groups in total. The van der Waals surface area contributed by atoms with Gasteiger partial charge in [-0.3, -0.25) is 0 Å².